The van der Waals surface area contributed by atoms with E-state index in [2.05, 4.69) is 9.97 Å². The molecule has 2 aromatic carbocycles. The molecule has 0 fully saturated rings. The van der Waals surface area contributed by atoms with Gasteiger partial charge in [0.15, 0.2) is 6.10 Å². The lowest BCUT2D eigenvalue weighted by molar-refractivity contribution is -0.144. The van der Waals surface area contributed by atoms with E-state index in [0.717, 1.165) is 16.6 Å². The van der Waals surface area contributed by atoms with E-state index in [1.165, 1.54) is 6.92 Å². The second kappa shape index (κ2) is 6.54. The molecule has 3 rings (SSSR count). The quantitative estimate of drug-likeness (QED) is 0.772. The lowest BCUT2D eigenvalue weighted by Crippen LogP contribution is -2.22. The van der Waals surface area contributed by atoms with Gasteiger partial charge in [-0.05, 0) is 55.8 Å². The van der Waals surface area contributed by atoms with Crippen LogP contribution in [0, 0.1) is 6.92 Å². The van der Waals surface area contributed by atoms with E-state index in [1.807, 2.05) is 25.1 Å². The summed E-state index contributed by atoms with van der Waals surface area (Å²) in [5, 5.41) is 8.83. The molecule has 24 heavy (non-hydrogen) atoms. The molecule has 6 nitrogen and oxygen atoms in total. The summed E-state index contributed by atoms with van der Waals surface area (Å²) < 4.78 is 10.9. The van der Waals surface area contributed by atoms with E-state index in [4.69, 9.17) is 14.6 Å². The molecule has 6 heteroatoms. The average Bonchev–Trinajstić information content (AvgIpc) is 2.56. The Labute approximate surface area is 138 Å². The molecule has 1 atom stereocenters. The number of aliphatic carboxylic acids is 1. The van der Waals surface area contributed by atoms with Crippen molar-refractivity contribution in [1.82, 2.24) is 9.97 Å². The Morgan fingerprint density at radius 2 is 1.79 bits per heavy atom. The number of fused-ring (bicyclic) bond motifs is 1. The van der Waals surface area contributed by atoms with Crippen LogP contribution in [0.3, 0.4) is 0 Å². The summed E-state index contributed by atoms with van der Waals surface area (Å²) in [4.78, 5) is 19.5. The van der Waals surface area contributed by atoms with Crippen molar-refractivity contribution in [2.45, 2.75) is 20.0 Å². The zero-order chi connectivity index (χ0) is 17.1. The zero-order valence-electron chi connectivity index (χ0n) is 13.3. The summed E-state index contributed by atoms with van der Waals surface area (Å²) >= 11 is 0. The Morgan fingerprint density at radius 1 is 1.08 bits per heavy atom. The molecule has 0 aliphatic carbocycles. The van der Waals surface area contributed by atoms with Gasteiger partial charge in [-0.1, -0.05) is 6.07 Å². The van der Waals surface area contributed by atoms with Crippen LogP contribution in [0.25, 0.3) is 11.0 Å². The SMILES string of the molecule is Cc1ccc2nc(Oc3ccc(O[C@H](C)C(=O)O)cc3)cnc2c1. The molecule has 1 N–H and O–H groups in total. The van der Waals surface area contributed by atoms with Gasteiger partial charge < -0.3 is 14.6 Å². The van der Waals surface area contributed by atoms with E-state index in [-0.39, 0.29) is 0 Å². The van der Waals surface area contributed by atoms with E-state index in [1.54, 1.807) is 30.5 Å². The second-order valence-electron chi connectivity index (χ2n) is 5.37. The van der Waals surface area contributed by atoms with Crippen LogP contribution in [0.15, 0.2) is 48.7 Å². The molecule has 3 aromatic rings. The Bertz CT molecular complexity index is 878. The van der Waals surface area contributed by atoms with Crippen molar-refractivity contribution >= 4 is 17.0 Å². The predicted octanol–water partition coefficient (Wildman–Crippen LogP) is 3.58. The molecule has 0 radical (unpaired) electrons. The van der Waals surface area contributed by atoms with Crippen molar-refractivity contribution in [1.29, 1.82) is 0 Å². The zero-order valence-corrected chi connectivity index (χ0v) is 13.3. The molecule has 0 saturated heterocycles. The topological polar surface area (TPSA) is 81.5 Å². The van der Waals surface area contributed by atoms with Crippen molar-refractivity contribution in [3.05, 3.63) is 54.2 Å². The molecular formula is C18H16N2O4. The number of hydrogen-bond acceptors (Lipinski definition) is 5. The highest BCUT2D eigenvalue weighted by Crippen LogP contribution is 2.24. The van der Waals surface area contributed by atoms with Gasteiger partial charge in [0, 0.05) is 0 Å². The number of aryl methyl sites for hydroxylation is 1. The van der Waals surface area contributed by atoms with Crippen LogP contribution in [0.4, 0.5) is 0 Å². The van der Waals surface area contributed by atoms with Crippen LogP contribution in [0.1, 0.15) is 12.5 Å². The third-order valence-corrected chi connectivity index (χ3v) is 3.38. The molecule has 1 aromatic heterocycles. The lowest BCUT2D eigenvalue weighted by Gasteiger charge is -2.11. The van der Waals surface area contributed by atoms with Crippen molar-refractivity contribution in [2.24, 2.45) is 0 Å². The number of carbonyl (C=O) groups is 1. The van der Waals surface area contributed by atoms with Gasteiger partial charge in [-0.15, -0.1) is 0 Å². The van der Waals surface area contributed by atoms with Gasteiger partial charge in [-0.25, -0.2) is 14.8 Å². The number of carboxylic acids is 1. The number of ether oxygens (including phenoxy) is 2. The van der Waals surface area contributed by atoms with Crippen molar-refractivity contribution in [3.63, 3.8) is 0 Å². The summed E-state index contributed by atoms with van der Waals surface area (Å²) in [6.07, 6.45) is 0.658. The molecule has 0 amide bonds. The van der Waals surface area contributed by atoms with E-state index < -0.39 is 12.1 Å². The summed E-state index contributed by atoms with van der Waals surface area (Å²) in [5.41, 5.74) is 2.69. The molecule has 0 saturated carbocycles. The first kappa shape index (κ1) is 15.7. The fourth-order valence-electron chi connectivity index (χ4n) is 2.11. The van der Waals surface area contributed by atoms with E-state index in [0.29, 0.717) is 17.4 Å². The maximum atomic E-state index is 10.8. The van der Waals surface area contributed by atoms with Gasteiger partial charge in [0.25, 0.3) is 0 Å². The number of benzene rings is 2. The third kappa shape index (κ3) is 3.60. The number of aromatic nitrogens is 2. The molecular weight excluding hydrogens is 308 g/mol. The van der Waals surface area contributed by atoms with Gasteiger partial charge >= 0.3 is 5.97 Å². The lowest BCUT2D eigenvalue weighted by atomic mass is 10.2. The Kier molecular flexibility index (Phi) is 4.29. The minimum absolute atomic E-state index is 0.388. The summed E-state index contributed by atoms with van der Waals surface area (Å²) in [6.45, 7) is 3.47. The van der Waals surface area contributed by atoms with Crippen LogP contribution in [-0.4, -0.2) is 27.1 Å². The first-order chi connectivity index (χ1) is 11.5. The maximum Gasteiger partial charge on any atom is 0.344 e. The highest BCUT2D eigenvalue weighted by Gasteiger charge is 2.12. The van der Waals surface area contributed by atoms with E-state index in [9.17, 15) is 4.79 Å². The van der Waals surface area contributed by atoms with Gasteiger partial charge in [0.2, 0.25) is 5.88 Å². The summed E-state index contributed by atoms with van der Waals surface area (Å²) in [5.74, 6) is 0.388. The van der Waals surface area contributed by atoms with Gasteiger partial charge in [-0.2, -0.15) is 0 Å². The highest BCUT2D eigenvalue weighted by atomic mass is 16.5. The van der Waals surface area contributed by atoms with Gasteiger partial charge in [-0.3, -0.25) is 0 Å². The normalized spacial score (nSPS) is 11.9. The van der Waals surface area contributed by atoms with Crippen molar-refractivity contribution in [2.75, 3.05) is 0 Å². The molecule has 0 aliphatic heterocycles. The number of nitrogens with zero attached hydrogens (tertiary/aromatic N) is 2. The van der Waals surface area contributed by atoms with Crippen LogP contribution in [-0.2, 0) is 4.79 Å². The third-order valence-electron chi connectivity index (χ3n) is 3.38. The van der Waals surface area contributed by atoms with Gasteiger partial charge in [0.1, 0.15) is 11.5 Å². The molecule has 0 bridgehead atoms. The maximum absolute atomic E-state index is 10.8. The van der Waals surface area contributed by atoms with Crippen LogP contribution >= 0.6 is 0 Å². The second-order valence-corrected chi connectivity index (χ2v) is 5.37. The fraction of sp³-hybridized carbons (Fsp3) is 0.167. The first-order valence-corrected chi connectivity index (χ1v) is 7.42. The largest absolute Gasteiger partial charge is 0.479 e. The average molecular weight is 324 g/mol. The standard InChI is InChI=1S/C18H16N2O4/c1-11-3-8-15-16(9-11)19-10-17(20-15)24-14-6-4-13(5-7-14)23-12(2)18(21)22/h3-10,12H,1-2H3,(H,21,22)/t12-/m1/s1. The first-order valence-electron chi connectivity index (χ1n) is 7.42. The van der Waals surface area contributed by atoms with Gasteiger partial charge in [0.05, 0.1) is 17.2 Å². The van der Waals surface area contributed by atoms with Crippen molar-refractivity contribution in [3.8, 4) is 17.4 Å². The number of rotatable bonds is 5. The summed E-state index contributed by atoms with van der Waals surface area (Å²) in [6, 6.07) is 12.5. The highest BCUT2D eigenvalue weighted by molar-refractivity contribution is 5.75. The Balaban J connectivity index is 1.74. The Morgan fingerprint density at radius 3 is 2.50 bits per heavy atom. The van der Waals surface area contributed by atoms with E-state index >= 15 is 0 Å². The minimum Gasteiger partial charge on any atom is -0.479 e. The fourth-order valence-corrected chi connectivity index (χ4v) is 2.11. The monoisotopic (exact) mass is 324 g/mol. The summed E-state index contributed by atoms with van der Waals surface area (Å²) in [7, 11) is 0. The number of carboxylic acid groups (broad SMARTS) is 1. The molecule has 0 unspecified atom stereocenters. The van der Waals surface area contributed by atoms with Crippen LogP contribution < -0.4 is 9.47 Å². The van der Waals surface area contributed by atoms with Crippen molar-refractivity contribution < 1.29 is 19.4 Å². The molecule has 0 spiro atoms. The van der Waals surface area contributed by atoms with Crippen LogP contribution in [0.5, 0.6) is 17.4 Å². The van der Waals surface area contributed by atoms with Crippen LogP contribution in [0.2, 0.25) is 0 Å². The molecule has 1 heterocycles. The molecule has 0 aliphatic rings. The smallest absolute Gasteiger partial charge is 0.344 e. The number of hydrogen-bond donors (Lipinski definition) is 1. The Hall–Kier alpha value is -3.15. The molecule has 122 valence electrons. The minimum atomic E-state index is -1.02. The predicted molar refractivity (Wildman–Crippen MR) is 88.5 cm³/mol.